The molecule has 0 amide bonds. The quantitative estimate of drug-likeness (QED) is 0.140. The molecule has 0 radical (unpaired) electrons. The van der Waals surface area contributed by atoms with Crippen molar-refractivity contribution < 1.29 is 0 Å². The molecule has 0 spiro atoms. The van der Waals surface area contributed by atoms with E-state index in [1.165, 1.54) is 87.6 Å². The van der Waals surface area contributed by atoms with E-state index >= 15 is 0 Å². The molecule has 0 aliphatic rings. The standard InChI is InChI=1S/C74H72N2/c1-71(2,3)53-41-54(72(4,5)6)44-59(43-53)75(67-35-23-31-49-25-19-21-33-61(49)67)57-37-39-63-65(47-57)69(51-27-15-13-16-28-51)64-40-38-58(48-66(64)70(63)52-29-17-14-18-30-52)76(68-36-24-32-50-26-20-22-34-62(50)68)60-45-55(73(7,8)9)42-56(46-60)74(10,11)12/h13-48H,1-12H3. The number of fused-ring (bicyclic) bond motifs is 4. The maximum Gasteiger partial charge on any atom is 0.0540 e. The normalized spacial score (nSPS) is 12.5. The zero-order chi connectivity index (χ0) is 53.3. The van der Waals surface area contributed by atoms with Gasteiger partial charge in [0, 0.05) is 33.5 Å². The van der Waals surface area contributed by atoms with E-state index in [2.05, 4.69) is 311 Å². The smallest absolute Gasteiger partial charge is 0.0540 e. The summed E-state index contributed by atoms with van der Waals surface area (Å²) in [6, 6.07) is 82.4. The van der Waals surface area contributed by atoms with Gasteiger partial charge in [-0.05, 0) is 159 Å². The van der Waals surface area contributed by atoms with Gasteiger partial charge in [-0.2, -0.15) is 0 Å². The molecule has 0 saturated carbocycles. The van der Waals surface area contributed by atoms with Crippen LogP contribution in [-0.2, 0) is 21.7 Å². The number of nitrogens with zero attached hydrogens (tertiary/aromatic N) is 2. The average Bonchev–Trinajstić information content (AvgIpc) is 3.50. The van der Waals surface area contributed by atoms with Gasteiger partial charge in [-0.3, -0.25) is 0 Å². The van der Waals surface area contributed by atoms with Gasteiger partial charge in [0.1, 0.15) is 0 Å². The minimum atomic E-state index is -0.0693. The average molecular weight is 989 g/mol. The molecule has 11 rings (SSSR count). The van der Waals surface area contributed by atoms with Crippen molar-refractivity contribution >= 4 is 77.2 Å². The molecule has 0 N–H and O–H groups in total. The van der Waals surface area contributed by atoms with E-state index in [-0.39, 0.29) is 21.7 Å². The highest BCUT2D eigenvalue weighted by Gasteiger charge is 2.28. The van der Waals surface area contributed by atoms with Gasteiger partial charge in [-0.1, -0.05) is 241 Å². The summed E-state index contributed by atoms with van der Waals surface area (Å²) >= 11 is 0. The predicted molar refractivity (Wildman–Crippen MR) is 332 cm³/mol. The van der Waals surface area contributed by atoms with Gasteiger partial charge in [0.25, 0.3) is 0 Å². The topological polar surface area (TPSA) is 6.48 Å². The highest BCUT2D eigenvalue weighted by atomic mass is 15.1. The van der Waals surface area contributed by atoms with E-state index in [4.69, 9.17) is 0 Å². The summed E-state index contributed by atoms with van der Waals surface area (Å²) in [7, 11) is 0. The van der Waals surface area contributed by atoms with Crippen LogP contribution in [0.2, 0.25) is 0 Å². The van der Waals surface area contributed by atoms with Crippen LogP contribution in [0.4, 0.5) is 34.1 Å². The van der Waals surface area contributed by atoms with E-state index in [1.54, 1.807) is 0 Å². The van der Waals surface area contributed by atoms with Crippen LogP contribution < -0.4 is 9.80 Å². The summed E-state index contributed by atoms with van der Waals surface area (Å²) in [5.74, 6) is 0. The lowest BCUT2D eigenvalue weighted by atomic mass is 9.80. The lowest BCUT2D eigenvalue weighted by molar-refractivity contribution is 0.568. The van der Waals surface area contributed by atoms with E-state index in [9.17, 15) is 0 Å². The van der Waals surface area contributed by atoms with E-state index < -0.39 is 0 Å². The van der Waals surface area contributed by atoms with Gasteiger partial charge in [-0.15, -0.1) is 0 Å². The molecule has 0 fully saturated rings. The van der Waals surface area contributed by atoms with Crippen molar-refractivity contribution in [1.82, 2.24) is 0 Å². The van der Waals surface area contributed by atoms with Crippen molar-refractivity contribution in [2.24, 2.45) is 0 Å². The molecule has 0 bridgehead atoms. The fourth-order valence-corrected chi connectivity index (χ4v) is 11.2. The highest BCUT2D eigenvalue weighted by Crippen LogP contribution is 2.51. The number of anilines is 6. The van der Waals surface area contributed by atoms with Gasteiger partial charge in [0.2, 0.25) is 0 Å². The first-order valence-corrected chi connectivity index (χ1v) is 27.2. The molecule has 0 aliphatic heterocycles. The molecule has 0 aliphatic carbocycles. The third-order valence-electron chi connectivity index (χ3n) is 15.6. The number of hydrogen-bond donors (Lipinski definition) is 0. The van der Waals surface area contributed by atoms with Crippen molar-refractivity contribution in [3.8, 4) is 22.3 Å². The first kappa shape index (κ1) is 50.2. The summed E-state index contributed by atoms with van der Waals surface area (Å²) in [5, 5.41) is 9.66. The first-order chi connectivity index (χ1) is 36.2. The first-order valence-electron chi connectivity index (χ1n) is 27.2. The molecule has 0 unspecified atom stereocenters. The zero-order valence-corrected chi connectivity index (χ0v) is 46.7. The van der Waals surface area contributed by atoms with Gasteiger partial charge >= 0.3 is 0 Å². The second-order valence-corrected chi connectivity index (χ2v) is 25.1. The molecule has 0 atom stereocenters. The Morgan fingerprint density at radius 2 is 0.553 bits per heavy atom. The van der Waals surface area contributed by atoms with Crippen molar-refractivity contribution in [2.75, 3.05) is 9.80 Å². The van der Waals surface area contributed by atoms with E-state index in [0.29, 0.717) is 0 Å². The Labute approximate surface area is 452 Å². The third-order valence-corrected chi connectivity index (χ3v) is 15.6. The van der Waals surface area contributed by atoms with Crippen LogP contribution in [-0.4, -0.2) is 0 Å². The SMILES string of the molecule is CC(C)(C)c1cc(N(c2ccc3c(-c4ccccc4)c4cc(N(c5cc(C(C)(C)C)cc(C(C)(C)C)c5)c5cccc6ccccc56)ccc4c(-c4ccccc4)c3c2)c2cccc3ccccc23)cc(C(C)(C)C)c1. The largest absolute Gasteiger partial charge is 0.310 e. The number of hydrogen-bond acceptors (Lipinski definition) is 2. The maximum absolute atomic E-state index is 2.52. The molecule has 2 heteroatoms. The molecule has 76 heavy (non-hydrogen) atoms. The fourth-order valence-electron chi connectivity index (χ4n) is 11.2. The van der Waals surface area contributed by atoms with Crippen LogP contribution >= 0.6 is 0 Å². The minimum absolute atomic E-state index is 0.0693. The Morgan fingerprint density at radius 3 is 0.895 bits per heavy atom. The third kappa shape index (κ3) is 9.45. The summed E-state index contributed by atoms with van der Waals surface area (Å²) in [6.07, 6.45) is 0. The molecular weight excluding hydrogens is 917 g/mol. The molecular formula is C74H72N2. The zero-order valence-electron chi connectivity index (χ0n) is 46.7. The second-order valence-electron chi connectivity index (χ2n) is 25.1. The lowest BCUT2D eigenvalue weighted by Gasteiger charge is -2.32. The molecule has 0 aromatic heterocycles. The van der Waals surface area contributed by atoms with Crippen molar-refractivity contribution in [2.45, 2.75) is 105 Å². The van der Waals surface area contributed by atoms with Gasteiger partial charge in [0.05, 0.1) is 11.4 Å². The highest BCUT2D eigenvalue weighted by molar-refractivity contribution is 6.23. The van der Waals surface area contributed by atoms with Gasteiger partial charge < -0.3 is 9.80 Å². The Bertz CT molecular complexity index is 3630. The van der Waals surface area contributed by atoms with Gasteiger partial charge in [0.15, 0.2) is 0 Å². The van der Waals surface area contributed by atoms with Crippen LogP contribution in [0.3, 0.4) is 0 Å². The van der Waals surface area contributed by atoms with Gasteiger partial charge in [-0.25, -0.2) is 0 Å². The van der Waals surface area contributed by atoms with Crippen LogP contribution in [0.1, 0.15) is 105 Å². The fraction of sp³-hybridized carbons (Fsp3) is 0.216. The monoisotopic (exact) mass is 989 g/mol. The van der Waals surface area contributed by atoms with E-state index in [0.717, 1.165) is 34.1 Å². The second kappa shape index (κ2) is 19.0. The summed E-state index contributed by atoms with van der Waals surface area (Å²) in [6.45, 7) is 28.0. The number of rotatable bonds is 8. The summed E-state index contributed by atoms with van der Waals surface area (Å²) in [4.78, 5) is 5.05. The van der Waals surface area contributed by atoms with Crippen molar-refractivity contribution in [1.29, 1.82) is 0 Å². The molecule has 11 aromatic carbocycles. The van der Waals surface area contributed by atoms with E-state index in [1.807, 2.05) is 0 Å². The molecule has 2 nitrogen and oxygen atoms in total. The molecule has 11 aromatic rings. The Balaban J connectivity index is 1.25. The Kier molecular flexibility index (Phi) is 12.6. The Hall–Kier alpha value is -7.94. The van der Waals surface area contributed by atoms with Crippen LogP contribution in [0.25, 0.3) is 65.3 Å². The van der Waals surface area contributed by atoms with Crippen LogP contribution in [0.5, 0.6) is 0 Å². The van der Waals surface area contributed by atoms with Crippen molar-refractivity contribution in [3.63, 3.8) is 0 Å². The predicted octanol–water partition coefficient (Wildman–Crippen LogP) is 21.8. The minimum Gasteiger partial charge on any atom is -0.310 e. The summed E-state index contributed by atoms with van der Waals surface area (Å²) < 4.78 is 0. The van der Waals surface area contributed by atoms with Crippen molar-refractivity contribution in [3.05, 3.63) is 241 Å². The summed E-state index contributed by atoms with van der Waals surface area (Å²) in [5.41, 5.74) is 16.6. The number of benzene rings is 11. The maximum atomic E-state index is 2.52. The molecule has 378 valence electrons. The van der Waals surface area contributed by atoms with Crippen LogP contribution in [0.15, 0.2) is 218 Å². The Morgan fingerprint density at radius 1 is 0.237 bits per heavy atom. The van der Waals surface area contributed by atoms with Crippen LogP contribution in [0, 0.1) is 0 Å². The lowest BCUT2D eigenvalue weighted by Crippen LogP contribution is -2.19. The molecule has 0 saturated heterocycles. The molecule has 0 heterocycles.